The summed E-state index contributed by atoms with van der Waals surface area (Å²) in [6.07, 6.45) is 6.74. The number of carbonyl (C=O) groups is 1. The second-order valence-corrected chi connectivity index (χ2v) is 10.4. The quantitative estimate of drug-likeness (QED) is 0.337. The van der Waals surface area contributed by atoms with Gasteiger partial charge in [-0.3, -0.25) is 9.79 Å². The summed E-state index contributed by atoms with van der Waals surface area (Å²) in [5.41, 5.74) is -0.445. The van der Waals surface area contributed by atoms with E-state index in [-0.39, 0.29) is 24.3 Å². The molecular formula is C20H39N5O4S. The largest absolute Gasteiger partial charge is 0.377 e. The van der Waals surface area contributed by atoms with E-state index in [2.05, 4.69) is 20.3 Å². The fourth-order valence-corrected chi connectivity index (χ4v) is 5.06. The Labute approximate surface area is 181 Å². The number of aliphatic imine (C=N–C) groups is 1. The van der Waals surface area contributed by atoms with Crippen molar-refractivity contribution in [2.45, 2.75) is 58.0 Å². The van der Waals surface area contributed by atoms with Crippen molar-refractivity contribution in [3.63, 3.8) is 0 Å². The van der Waals surface area contributed by atoms with Gasteiger partial charge in [0.15, 0.2) is 5.96 Å². The first kappa shape index (κ1) is 24.9. The van der Waals surface area contributed by atoms with E-state index in [9.17, 15) is 13.2 Å². The number of hydrogen-bond donors (Lipinski definition) is 3. The average Bonchev–Trinajstić information content (AvgIpc) is 3.21. The highest BCUT2D eigenvalue weighted by atomic mass is 32.2. The van der Waals surface area contributed by atoms with Crippen LogP contribution in [-0.2, 0) is 19.6 Å². The summed E-state index contributed by atoms with van der Waals surface area (Å²) in [5.74, 6) is 0.615. The lowest BCUT2D eigenvalue weighted by molar-refractivity contribution is -0.138. The average molecular weight is 446 g/mol. The monoisotopic (exact) mass is 445 g/mol. The summed E-state index contributed by atoms with van der Waals surface area (Å²) in [4.78, 5) is 19.0. The number of nitrogens with zero attached hydrogens (tertiary/aromatic N) is 2. The van der Waals surface area contributed by atoms with Crippen LogP contribution in [0.25, 0.3) is 0 Å². The van der Waals surface area contributed by atoms with E-state index in [1.807, 2.05) is 6.92 Å². The third-order valence-electron chi connectivity index (χ3n) is 5.77. The molecule has 174 valence electrons. The van der Waals surface area contributed by atoms with Gasteiger partial charge in [0, 0.05) is 40.3 Å². The topological polar surface area (TPSA) is 112 Å². The second kappa shape index (κ2) is 11.9. The second-order valence-electron chi connectivity index (χ2n) is 8.46. The number of hydrogen-bond acceptors (Lipinski definition) is 5. The van der Waals surface area contributed by atoms with Crippen molar-refractivity contribution in [1.29, 1.82) is 0 Å². The van der Waals surface area contributed by atoms with Crippen LogP contribution in [0.5, 0.6) is 0 Å². The Bertz CT molecular complexity index is 669. The maximum absolute atomic E-state index is 12.7. The summed E-state index contributed by atoms with van der Waals surface area (Å²) in [6, 6.07) is 0. The first-order valence-corrected chi connectivity index (χ1v) is 12.8. The third-order valence-corrected chi connectivity index (χ3v) is 7.12. The van der Waals surface area contributed by atoms with Crippen LogP contribution in [-0.4, -0.2) is 83.9 Å². The number of guanidine groups is 1. The minimum absolute atomic E-state index is 0.0304. The van der Waals surface area contributed by atoms with Gasteiger partial charge in [0.2, 0.25) is 15.9 Å². The van der Waals surface area contributed by atoms with E-state index in [1.54, 1.807) is 19.0 Å². The first-order valence-electron chi connectivity index (χ1n) is 11.1. The molecule has 1 aliphatic carbocycles. The molecule has 0 aromatic carbocycles. The normalized spacial score (nSPS) is 22.0. The van der Waals surface area contributed by atoms with E-state index in [0.717, 1.165) is 44.9 Å². The zero-order chi connectivity index (χ0) is 22.0. The molecular weight excluding hydrogens is 406 g/mol. The Kier molecular flexibility index (Phi) is 9.83. The predicted octanol–water partition coefficient (Wildman–Crippen LogP) is 0.679. The van der Waals surface area contributed by atoms with E-state index in [1.165, 1.54) is 0 Å². The van der Waals surface area contributed by atoms with Gasteiger partial charge >= 0.3 is 0 Å². The fourth-order valence-electron chi connectivity index (χ4n) is 4.10. The lowest BCUT2D eigenvalue weighted by Crippen LogP contribution is -2.44. The van der Waals surface area contributed by atoms with Crippen molar-refractivity contribution in [3.8, 4) is 0 Å². The molecule has 1 amide bonds. The Morgan fingerprint density at radius 1 is 1.17 bits per heavy atom. The smallest absolute Gasteiger partial charge is 0.230 e. The fraction of sp³-hybridized carbons (Fsp3) is 0.900. The van der Waals surface area contributed by atoms with Gasteiger partial charge in [0.1, 0.15) is 0 Å². The van der Waals surface area contributed by atoms with Crippen LogP contribution >= 0.6 is 0 Å². The number of carbonyl (C=O) groups excluding carboxylic acids is 1. The van der Waals surface area contributed by atoms with Crippen LogP contribution in [0.1, 0.15) is 51.9 Å². The molecule has 9 nitrogen and oxygen atoms in total. The molecule has 1 saturated heterocycles. The molecule has 10 heteroatoms. The van der Waals surface area contributed by atoms with Gasteiger partial charge in [-0.1, -0.05) is 12.8 Å². The van der Waals surface area contributed by atoms with Gasteiger partial charge in [-0.15, -0.1) is 0 Å². The summed E-state index contributed by atoms with van der Waals surface area (Å²) < 4.78 is 32.8. The molecule has 2 aliphatic rings. The lowest BCUT2D eigenvalue weighted by atomic mass is 9.85. The van der Waals surface area contributed by atoms with Crippen LogP contribution in [0.2, 0.25) is 0 Å². The van der Waals surface area contributed by atoms with Crippen LogP contribution in [0.4, 0.5) is 0 Å². The van der Waals surface area contributed by atoms with Gasteiger partial charge < -0.3 is 20.3 Å². The van der Waals surface area contributed by atoms with Gasteiger partial charge in [0.05, 0.1) is 23.8 Å². The number of ether oxygens (including phenoxy) is 1. The molecule has 30 heavy (non-hydrogen) atoms. The molecule has 3 N–H and O–H groups in total. The maximum Gasteiger partial charge on any atom is 0.230 e. The molecule has 0 bridgehead atoms. The molecule has 1 heterocycles. The van der Waals surface area contributed by atoms with E-state index in [0.29, 0.717) is 32.2 Å². The lowest BCUT2D eigenvalue weighted by Gasteiger charge is -2.29. The third kappa shape index (κ3) is 7.70. The van der Waals surface area contributed by atoms with Gasteiger partial charge in [-0.25, -0.2) is 13.1 Å². The number of nitrogens with one attached hydrogen (secondary N) is 3. The van der Waals surface area contributed by atoms with Crippen LogP contribution < -0.4 is 15.4 Å². The first-order chi connectivity index (χ1) is 14.3. The van der Waals surface area contributed by atoms with Gasteiger partial charge in [-0.2, -0.15) is 0 Å². The Balaban J connectivity index is 1.85. The highest BCUT2D eigenvalue weighted by molar-refractivity contribution is 7.89. The van der Waals surface area contributed by atoms with Crippen molar-refractivity contribution < 1.29 is 17.9 Å². The Hall–Kier alpha value is -1.39. The molecule has 1 saturated carbocycles. The van der Waals surface area contributed by atoms with Gasteiger partial charge in [0.25, 0.3) is 0 Å². The SMILES string of the molecule is CCNC(=NCC1(C(=O)N(C)C)CCCC1)NCCS(=O)(=O)NCC1CCCCO1. The van der Waals surface area contributed by atoms with E-state index >= 15 is 0 Å². The van der Waals surface area contributed by atoms with E-state index in [4.69, 9.17) is 4.74 Å². The van der Waals surface area contributed by atoms with Crippen molar-refractivity contribution >= 4 is 21.9 Å². The highest BCUT2D eigenvalue weighted by Gasteiger charge is 2.42. The maximum atomic E-state index is 12.7. The van der Waals surface area contributed by atoms with Crippen LogP contribution in [0, 0.1) is 5.41 Å². The number of amides is 1. The minimum atomic E-state index is -3.39. The summed E-state index contributed by atoms with van der Waals surface area (Å²) in [5, 5.41) is 6.23. The highest BCUT2D eigenvalue weighted by Crippen LogP contribution is 2.39. The molecule has 1 atom stereocenters. The molecule has 0 spiro atoms. The van der Waals surface area contributed by atoms with Crippen molar-refractivity contribution in [3.05, 3.63) is 0 Å². The zero-order valence-corrected chi connectivity index (χ0v) is 19.5. The van der Waals surface area contributed by atoms with Crippen molar-refractivity contribution in [1.82, 2.24) is 20.3 Å². The summed E-state index contributed by atoms with van der Waals surface area (Å²) in [7, 11) is 0.172. The zero-order valence-electron chi connectivity index (χ0n) is 18.7. The standard InChI is InChI=1S/C20H39N5O4S/c1-4-21-19(23-16-20(10-6-7-11-20)18(26)25(2)3)22-12-14-30(27,28)24-15-17-9-5-8-13-29-17/h17,24H,4-16H2,1-3H3,(H2,21,22,23). The molecule has 0 aromatic rings. The van der Waals surface area contributed by atoms with Crippen LogP contribution in [0.15, 0.2) is 4.99 Å². The molecule has 1 aliphatic heterocycles. The number of sulfonamides is 1. The Morgan fingerprint density at radius 3 is 2.50 bits per heavy atom. The molecule has 0 radical (unpaired) electrons. The number of rotatable bonds is 10. The molecule has 1 unspecified atom stereocenters. The Morgan fingerprint density at radius 2 is 1.90 bits per heavy atom. The minimum Gasteiger partial charge on any atom is -0.377 e. The van der Waals surface area contributed by atoms with Crippen molar-refractivity contribution in [2.24, 2.45) is 10.4 Å². The summed E-state index contributed by atoms with van der Waals surface area (Å²) in [6.45, 7) is 4.28. The van der Waals surface area contributed by atoms with Crippen molar-refractivity contribution in [2.75, 3.05) is 52.6 Å². The molecule has 2 rings (SSSR count). The van der Waals surface area contributed by atoms with Gasteiger partial charge in [-0.05, 0) is 39.0 Å². The predicted molar refractivity (Wildman–Crippen MR) is 119 cm³/mol. The molecule has 2 fully saturated rings. The van der Waals surface area contributed by atoms with Crippen LogP contribution in [0.3, 0.4) is 0 Å². The van der Waals surface area contributed by atoms with E-state index < -0.39 is 15.4 Å². The molecule has 0 aromatic heterocycles. The summed E-state index contributed by atoms with van der Waals surface area (Å²) >= 11 is 0.